The standard InChI is InChI=1S/C18H20N8O/c1-18(2,3)26-16-13(15(20)22-9-23-16)11(25-26)7-5-10-6-8-12(17(27)21-4)24-14(10)19/h6,8-9H,1-4H3,(H2,19,24)(H,21,27)(H2,20,22,23). The maximum atomic E-state index is 11.6. The Kier molecular flexibility index (Phi) is 4.41. The average molecular weight is 364 g/mol. The number of nitrogens with zero attached hydrogens (tertiary/aromatic N) is 5. The topological polar surface area (TPSA) is 138 Å². The molecule has 138 valence electrons. The van der Waals surface area contributed by atoms with E-state index in [1.807, 2.05) is 20.8 Å². The Morgan fingerprint density at radius 1 is 1.15 bits per heavy atom. The highest BCUT2D eigenvalue weighted by Gasteiger charge is 2.22. The van der Waals surface area contributed by atoms with E-state index in [0.29, 0.717) is 28.1 Å². The van der Waals surface area contributed by atoms with Gasteiger partial charge in [0, 0.05) is 7.05 Å². The molecule has 0 atom stereocenters. The van der Waals surface area contributed by atoms with E-state index in [-0.39, 0.29) is 23.0 Å². The quantitative estimate of drug-likeness (QED) is 0.545. The van der Waals surface area contributed by atoms with Gasteiger partial charge in [0.25, 0.3) is 5.91 Å². The monoisotopic (exact) mass is 364 g/mol. The summed E-state index contributed by atoms with van der Waals surface area (Å²) in [5, 5.41) is 7.65. The summed E-state index contributed by atoms with van der Waals surface area (Å²) in [6.07, 6.45) is 1.40. The van der Waals surface area contributed by atoms with E-state index >= 15 is 0 Å². The Balaban J connectivity index is 2.11. The second kappa shape index (κ2) is 6.57. The average Bonchev–Trinajstić information content (AvgIpc) is 3.00. The molecular formula is C18H20N8O. The number of fused-ring (bicyclic) bond motifs is 1. The Morgan fingerprint density at radius 2 is 1.89 bits per heavy atom. The Morgan fingerprint density at radius 3 is 2.52 bits per heavy atom. The molecule has 3 rings (SSSR count). The predicted molar refractivity (Wildman–Crippen MR) is 103 cm³/mol. The van der Waals surface area contributed by atoms with Crippen molar-refractivity contribution in [2.75, 3.05) is 18.5 Å². The van der Waals surface area contributed by atoms with Gasteiger partial charge in [-0.15, -0.1) is 0 Å². The van der Waals surface area contributed by atoms with Gasteiger partial charge in [-0.05, 0) is 38.8 Å². The van der Waals surface area contributed by atoms with Crippen molar-refractivity contribution in [2.45, 2.75) is 26.3 Å². The normalized spacial score (nSPS) is 11.1. The first-order valence-corrected chi connectivity index (χ1v) is 8.22. The van der Waals surface area contributed by atoms with Crippen molar-refractivity contribution in [2.24, 2.45) is 0 Å². The highest BCUT2D eigenvalue weighted by Crippen LogP contribution is 2.25. The molecule has 9 heteroatoms. The number of hydrogen-bond donors (Lipinski definition) is 3. The molecule has 3 heterocycles. The van der Waals surface area contributed by atoms with Gasteiger partial charge in [-0.1, -0.05) is 5.92 Å². The van der Waals surface area contributed by atoms with Crippen LogP contribution in [-0.2, 0) is 5.54 Å². The van der Waals surface area contributed by atoms with E-state index in [9.17, 15) is 4.79 Å². The number of amides is 1. The minimum absolute atomic E-state index is 0.160. The van der Waals surface area contributed by atoms with E-state index in [2.05, 4.69) is 37.2 Å². The van der Waals surface area contributed by atoms with E-state index in [1.54, 1.807) is 16.8 Å². The first-order chi connectivity index (χ1) is 12.7. The second-order valence-electron chi connectivity index (χ2n) is 6.85. The minimum atomic E-state index is -0.318. The fourth-order valence-corrected chi connectivity index (χ4v) is 2.49. The third kappa shape index (κ3) is 3.37. The molecule has 0 radical (unpaired) electrons. The van der Waals surface area contributed by atoms with Crippen LogP contribution in [0.1, 0.15) is 42.5 Å². The zero-order chi connectivity index (χ0) is 19.8. The molecule has 3 aromatic heterocycles. The summed E-state index contributed by atoms with van der Waals surface area (Å²) in [7, 11) is 1.52. The first-order valence-electron chi connectivity index (χ1n) is 8.22. The zero-order valence-corrected chi connectivity index (χ0v) is 15.5. The van der Waals surface area contributed by atoms with Crippen LogP contribution in [0, 0.1) is 11.8 Å². The smallest absolute Gasteiger partial charge is 0.269 e. The third-order valence-corrected chi connectivity index (χ3v) is 3.83. The lowest BCUT2D eigenvalue weighted by Gasteiger charge is -2.19. The molecule has 0 saturated heterocycles. The number of nitrogens with two attached hydrogens (primary N) is 2. The summed E-state index contributed by atoms with van der Waals surface area (Å²) in [6.45, 7) is 6.02. The summed E-state index contributed by atoms with van der Waals surface area (Å²) in [4.78, 5) is 24.0. The molecule has 0 aliphatic carbocycles. The molecule has 0 fully saturated rings. The van der Waals surface area contributed by atoms with E-state index in [1.165, 1.54) is 13.4 Å². The van der Waals surface area contributed by atoms with Crippen LogP contribution in [0.25, 0.3) is 11.0 Å². The summed E-state index contributed by atoms with van der Waals surface area (Å²) in [5.74, 6) is 6.07. The van der Waals surface area contributed by atoms with Gasteiger partial charge in [0.2, 0.25) is 0 Å². The highest BCUT2D eigenvalue weighted by molar-refractivity contribution is 5.93. The minimum Gasteiger partial charge on any atom is -0.383 e. The number of nitrogens with one attached hydrogen (secondary N) is 1. The highest BCUT2D eigenvalue weighted by atomic mass is 16.1. The van der Waals surface area contributed by atoms with Crippen molar-refractivity contribution in [1.82, 2.24) is 30.0 Å². The molecule has 1 amide bonds. The number of carbonyl (C=O) groups excluding carboxylic acids is 1. The molecule has 3 aromatic rings. The van der Waals surface area contributed by atoms with E-state index in [4.69, 9.17) is 11.5 Å². The Hall–Kier alpha value is -3.67. The van der Waals surface area contributed by atoms with Gasteiger partial charge in [0.05, 0.1) is 16.5 Å². The molecule has 0 aliphatic rings. The summed E-state index contributed by atoms with van der Waals surface area (Å²) >= 11 is 0. The maximum absolute atomic E-state index is 11.6. The SMILES string of the molecule is CNC(=O)c1ccc(C#Cc2nn(C(C)(C)C)c3ncnc(N)c23)c(N)n1. The van der Waals surface area contributed by atoms with Crippen LogP contribution in [0.2, 0.25) is 0 Å². The number of rotatable bonds is 1. The van der Waals surface area contributed by atoms with Crippen LogP contribution in [0.5, 0.6) is 0 Å². The molecule has 0 bridgehead atoms. The van der Waals surface area contributed by atoms with Crippen LogP contribution >= 0.6 is 0 Å². The molecule has 27 heavy (non-hydrogen) atoms. The van der Waals surface area contributed by atoms with Gasteiger partial charge in [0.15, 0.2) is 5.65 Å². The second-order valence-corrected chi connectivity index (χ2v) is 6.85. The molecular weight excluding hydrogens is 344 g/mol. The Bertz CT molecular complexity index is 1100. The van der Waals surface area contributed by atoms with E-state index in [0.717, 1.165) is 0 Å². The van der Waals surface area contributed by atoms with Crippen molar-refractivity contribution in [1.29, 1.82) is 0 Å². The van der Waals surface area contributed by atoms with Gasteiger partial charge in [0.1, 0.15) is 29.4 Å². The van der Waals surface area contributed by atoms with Crippen LogP contribution in [0.3, 0.4) is 0 Å². The molecule has 0 spiro atoms. The lowest BCUT2D eigenvalue weighted by molar-refractivity contribution is 0.0958. The summed E-state index contributed by atoms with van der Waals surface area (Å²) in [5.41, 5.74) is 13.4. The number of nitrogen functional groups attached to an aromatic ring is 2. The van der Waals surface area contributed by atoms with Crippen molar-refractivity contribution in [3.8, 4) is 11.8 Å². The largest absolute Gasteiger partial charge is 0.383 e. The summed E-state index contributed by atoms with van der Waals surface area (Å²) < 4.78 is 1.76. The zero-order valence-electron chi connectivity index (χ0n) is 15.5. The van der Waals surface area contributed by atoms with Crippen molar-refractivity contribution in [3.63, 3.8) is 0 Å². The molecule has 0 unspecified atom stereocenters. The van der Waals surface area contributed by atoms with Gasteiger partial charge < -0.3 is 16.8 Å². The lowest BCUT2D eigenvalue weighted by atomic mass is 10.1. The maximum Gasteiger partial charge on any atom is 0.269 e. The lowest BCUT2D eigenvalue weighted by Crippen LogP contribution is -2.23. The third-order valence-electron chi connectivity index (χ3n) is 3.83. The van der Waals surface area contributed by atoms with E-state index < -0.39 is 0 Å². The number of pyridine rings is 1. The van der Waals surface area contributed by atoms with Crippen LogP contribution in [-0.4, -0.2) is 37.7 Å². The van der Waals surface area contributed by atoms with Crippen LogP contribution in [0.15, 0.2) is 18.5 Å². The number of anilines is 2. The fraction of sp³-hybridized carbons (Fsp3) is 0.278. The molecule has 5 N–H and O–H groups in total. The number of aromatic nitrogens is 5. The van der Waals surface area contributed by atoms with Gasteiger partial charge in [-0.25, -0.2) is 19.6 Å². The van der Waals surface area contributed by atoms with Crippen molar-refractivity contribution >= 4 is 28.6 Å². The Labute approximate surface area is 156 Å². The van der Waals surface area contributed by atoms with Crippen LogP contribution in [0.4, 0.5) is 11.6 Å². The predicted octanol–water partition coefficient (Wildman–Crippen LogP) is 0.900. The fourth-order valence-electron chi connectivity index (χ4n) is 2.49. The first kappa shape index (κ1) is 18.1. The van der Waals surface area contributed by atoms with Gasteiger partial charge in [-0.2, -0.15) is 5.10 Å². The molecule has 0 saturated carbocycles. The number of hydrogen-bond acceptors (Lipinski definition) is 7. The van der Waals surface area contributed by atoms with Gasteiger partial charge >= 0.3 is 0 Å². The summed E-state index contributed by atoms with van der Waals surface area (Å²) in [6, 6.07) is 3.20. The molecule has 9 nitrogen and oxygen atoms in total. The molecule has 0 aromatic carbocycles. The van der Waals surface area contributed by atoms with Gasteiger partial charge in [-0.3, -0.25) is 4.79 Å². The molecule has 0 aliphatic heterocycles. The number of carbonyl (C=O) groups is 1. The van der Waals surface area contributed by atoms with Crippen LogP contribution < -0.4 is 16.8 Å². The van der Waals surface area contributed by atoms with Crippen molar-refractivity contribution < 1.29 is 4.79 Å². The van der Waals surface area contributed by atoms with Crippen molar-refractivity contribution in [3.05, 3.63) is 35.4 Å².